The first-order chi connectivity index (χ1) is 12.0. The first kappa shape index (κ1) is 19.0. The van der Waals surface area contributed by atoms with Gasteiger partial charge in [0, 0.05) is 25.0 Å². The fourth-order valence-electron chi connectivity index (χ4n) is 3.15. The Kier molecular flexibility index (Phi) is 6.56. The molecule has 0 aliphatic heterocycles. The number of amides is 2. The zero-order chi connectivity index (χ0) is 18.4. The van der Waals surface area contributed by atoms with Crippen LogP contribution in [0.25, 0.3) is 0 Å². The van der Waals surface area contributed by atoms with Crippen LogP contribution in [-0.4, -0.2) is 32.7 Å². The van der Waals surface area contributed by atoms with Crippen LogP contribution in [0, 0.1) is 6.92 Å². The minimum atomic E-state index is -0.133. The summed E-state index contributed by atoms with van der Waals surface area (Å²) in [6.45, 7) is 8.32. The highest BCUT2D eigenvalue weighted by Crippen LogP contribution is 2.26. The van der Waals surface area contributed by atoms with E-state index in [9.17, 15) is 4.79 Å². The molecule has 0 radical (unpaired) electrons. The van der Waals surface area contributed by atoms with E-state index >= 15 is 0 Å². The third-order valence-corrected chi connectivity index (χ3v) is 4.74. The number of carbonyl (C=O) groups excluding carboxylic acids is 1. The average Bonchev–Trinajstić information content (AvgIpc) is 2.98. The summed E-state index contributed by atoms with van der Waals surface area (Å²) in [7, 11) is 1.82. The van der Waals surface area contributed by atoms with Crippen molar-refractivity contribution in [1.82, 2.24) is 19.7 Å². The number of hydrogen-bond donors (Lipinski definition) is 1. The lowest BCUT2D eigenvalue weighted by atomic mass is 10.1. The van der Waals surface area contributed by atoms with Crippen LogP contribution in [0.3, 0.4) is 0 Å². The normalized spacial score (nSPS) is 12.2. The maximum absolute atomic E-state index is 12.8. The van der Waals surface area contributed by atoms with Crippen LogP contribution >= 0.6 is 0 Å². The van der Waals surface area contributed by atoms with Gasteiger partial charge >= 0.3 is 6.03 Å². The van der Waals surface area contributed by atoms with Crippen molar-refractivity contribution in [3.05, 3.63) is 41.9 Å². The molecule has 0 aromatic carbocycles. The predicted molar refractivity (Wildman–Crippen MR) is 101 cm³/mol. The fourth-order valence-corrected chi connectivity index (χ4v) is 3.15. The predicted octanol–water partition coefficient (Wildman–Crippen LogP) is 4.56. The summed E-state index contributed by atoms with van der Waals surface area (Å²) in [5.41, 5.74) is 2.01. The smallest absolute Gasteiger partial charge is 0.320 e. The Morgan fingerprint density at radius 2 is 1.96 bits per heavy atom. The van der Waals surface area contributed by atoms with E-state index in [-0.39, 0.29) is 18.1 Å². The number of aryl methyl sites for hydroxylation is 1. The van der Waals surface area contributed by atoms with E-state index in [2.05, 4.69) is 36.2 Å². The number of rotatable bonds is 7. The van der Waals surface area contributed by atoms with E-state index in [0.717, 1.165) is 36.2 Å². The molecule has 0 spiro atoms. The van der Waals surface area contributed by atoms with Crippen molar-refractivity contribution in [1.29, 1.82) is 0 Å². The van der Waals surface area contributed by atoms with Gasteiger partial charge < -0.3 is 4.90 Å². The van der Waals surface area contributed by atoms with Crippen LogP contribution in [-0.2, 0) is 0 Å². The maximum Gasteiger partial charge on any atom is 0.323 e. The fraction of sp³-hybridized carbons (Fsp3) is 0.526. The summed E-state index contributed by atoms with van der Waals surface area (Å²) in [6.07, 6.45) is 8.14. The molecule has 1 atom stereocenters. The molecular weight excluding hydrogens is 314 g/mol. The largest absolute Gasteiger partial charge is 0.323 e. The molecule has 0 aliphatic carbocycles. The Morgan fingerprint density at radius 1 is 1.24 bits per heavy atom. The second-order valence-electron chi connectivity index (χ2n) is 6.34. The molecule has 2 heterocycles. The molecule has 25 heavy (non-hydrogen) atoms. The molecule has 2 aromatic heterocycles. The van der Waals surface area contributed by atoms with Gasteiger partial charge in [-0.3, -0.25) is 10.3 Å². The van der Waals surface area contributed by atoms with E-state index < -0.39 is 0 Å². The highest BCUT2D eigenvalue weighted by molar-refractivity contribution is 5.89. The molecule has 2 rings (SSSR count). The molecule has 0 bridgehead atoms. The molecule has 136 valence electrons. The van der Waals surface area contributed by atoms with Gasteiger partial charge in [0.25, 0.3) is 0 Å². The van der Waals surface area contributed by atoms with Crippen LogP contribution in [0.1, 0.15) is 63.2 Å². The van der Waals surface area contributed by atoms with E-state index in [1.54, 1.807) is 11.1 Å². The van der Waals surface area contributed by atoms with Gasteiger partial charge in [0.1, 0.15) is 5.82 Å². The first-order valence-electron chi connectivity index (χ1n) is 9.01. The minimum Gasteiger partial charge on any atom is -0.320 e. The van der Waals surface area contributed by atoms with Crippen LogP contribution in [0.5, 0.6) is 0 Å². The standard InChI is InChI=1S/C19H29N5O/c1-6-16(7-2)24-18(14(4)12-21-24)22-19(25)23(5)17(8-3)15-10-9-11-20-13-15/h9-13,16-17H,6-8H2,1-5H3,(H,22,25)/t17-/m1/s1. The molecule has 0 fully saturated rings. The average molecular weight is 343 g/mol. The van der Waals surface area contributed by atoms with Gasteiger partial charge in [-0.05, 0) is 37.8 Å². The van der Waals surface area contributed by atoms with Crippen LogP contribution < -0.4 is 5.32 Å². The molecule has 0 aliphatic rings. The van der Waals surface area contributed by atoms with Crippen molar-refractivity contribution in [3.8, 4) is 0 Å². The van der Waals surface area contributed by atoms with Gasteiger partial charge in [-0.15, -0.1) is 0 Å². The Bertz CT molecular complexity index is 678. The molecule has 0 saturated heterocycles. The molecule has 2 aromatic rings. The number of aromatic nitrogens is 3. The summed E-state index contributed by atoms with van der Waals surface area (Å²) in [5.74, 6) is 0.784. The van der Waals surface area contributed by atoms with Crippen molar-refractivity contribution in [2.24, 2.45) is 0 Å². The Labute approximate surface area is 150 Å². The molecule has 6 heteroatoms. The second-order valence-corrected chi connectivity index (χ2v) is 6.34. The summed E-state index contributed by atoms with van der Waals surface area (Å²) in [4.78, 5) is 18.7. The third-order valence-electron chi connectivity index (χ3n) is 4.74. The SMILES string of the molecule is CCC(CC)n1ncc(C)c1NC(=O)N(C)[C@H](CC)c1cccnc1. The second kappa shape index (κ2) is 8.65. The number of anilines is 1. The van der Waals surface area contributed by atoms with Crippen LogP contribution in [0.2, 0.25) is 0 Å². The van der Waals surface area contributed by atoms with E-state index in [4.69, 9.17) is 0 Å². The number of pyridine rings is 1. The lowest BCUT2D eigenvalue weighted by Crippen LogP contribution is -2.35. The zero-order valence-electron chi connectivity index (χ0n) is 15.9. The Balaban J connectivity index is 2.20. The quantitative estimate of drug-likeness (QED) is 0.801. The van der Waals surface area contributed by atoms with Crippen LogP contribution in [0.4, 0.5) is 10.6 Å². The highest BCUT2D eigenvalue weighted by atomic mass is 16.2. The molecule has 6 nitrogen and oxygen atoms in total. The topological polar surface area (TPSA) is 63.1 Å². The maximum atomic E-state index is 12.8. The molecule has 0 saturated carbocycles. The van der Waals surface area contributed by atoms with Crippen molar-refractivity contribution < 1.29 is 4.79 Å². The van der Waals surface area contributed by atoms with Gasteiger partial charge in [-0.2, -0.15) is 5.10 Å². The summed E-state index contributed by atoms with van der Waals surface area (Å²) < 4.78 is 1.94. The number of carbonyl (C=O) groups is 1. The van der Waals surface area contributed by atoms with E-state index in [1.165, 1.54) is 0 Å². The third kappa shape index (κ3) is 4.18. The summed E-state index contributed by atoms with van der Waals surface area (Å²) in [6, 6.07) is 4.04. The molecule has 1 N–H and O–H groups in total. The highest BCUT2D eigenvalue weighted by Gasteiger charge is 2.23. The van der Waals surface area contributed by atoms with Gasteiger partial charge in [-0.1, -0.05) is 26.8 Å². The zero-order valence-corrected chi connectivity index (χ0v) is 15.9. The van der Waals surface area contributed by atoms with Crippen molar-refractivity contribution in [2.75, 3.05) is 12.4 Å². The van der Waals surface area contributed by atoms with Crippen molar-refractivity contribution in [3.63, 3.8) is 0 Å². The molecule has 0 unspecified atom stereocenters. The van der Waals surface area contributed by atoms with Crippen molar-refractivity contribution >= 4 is 11.8 Å². The van der Waals surface area contributed by atoms with E-state index in [0.29, 0.717) is 0 Å². The van der Waals surface area contributed by atoms with Crippen molar-refractivity contribution in [2.45, 2.75) is 59.0 Å². The summed E-state index contributed by atoms with van der Waals surface area (Å²) in [5, 5.41) is 7.53. The Morgan fingerprint density at radius 3 is 2.52 bits per heavy atom. The Hall–Kier alpha value is -2.37. The minimum absolute atomic E-state index is 0.0153. The van der Waals surface area contributed by atoms with Gasteiger partial charge in [0.15, 0.2) is 0 Å². The number of hydrogen-bond acceptors (Lipinski definition) is 3. The molecule has 2 amide bonds. The van der Waals surface area contributed by atoms with Crippen LogP contribution in [0.15, 0.2) is 30.7 Å². The number of nitrogens with one attached hydrogen (secondary N) is 1. The monoisotopic (exact) mass is 343 g/mol. The van der Waals surface area contributed by atoms with E-state index in [1.807, 2.05) is 43.2 Å². The van der Waals surface area contributed by atoms with Gasteiger partial charge in [0.2, 0.25) is 0 Å². The lowest BCUT2D eigenvalue weighted by Gasteiger charge is -2.28. The lowest BCUT2D eigenvalue weighted by molar-refractivity contribution is 0.202. The summed E-state index contributed by atoms with van der Waals surface area (Å²) >= 11 is 0. The van der Waals surface area contributed by atoms with Gasteiger partial charge in [-0.25, -0.2) is 9.48 Å². The first-order valence-corrected chi connectivity index (χ1v) is 9.01. The number of nitrogens with zero attached hydrogens (tertiary/aromatic N) is 4. The van der Waals surface area contributed by atoms with Gasteiger partial charge in [0.05, 0.1) is 18.3 Å². The molecular formula is C19H29N5O. The number of urea groups is 1.